The van der Waals surface area contributed by atoms with Crippen LogP contribution < -0.4 is 19.7 Å². The van der Waals surface area contributed by atoms with E-state index in [-0.39, 0.29) is 12.5 Å². The second-order valence-corrected chi connectivity index (χ2v) is 5.32. The summed E-state index contributed by atoms with van der Waals surface area (Å²) < 4.78 is 37.3. The molecule has 0 radical (unpaired) electrons. The van der Waals surface area contributed by atoms with Crippen molar-refractivity contribution in [2.24, 2.45) is 0 Å². The van der Waals surface area contributed by atoms with E-state index in [1.165, 1.54) is 6.92 Å². The maximum absolute atomic E-state index is 13.9. The summed E-state index contributed by atoms with van der Waals surface area (Å²) in [6.45, 7) is 0.873. The summed E-state index contributed by atoms with van der Waals surface area (Å²) in [6, 6.07) is 7.62. The summed E-state index contributed by atoms with van der Waals surface area (Å²) in [5.41, 5.74) is 0.270. The van der Waals surface area contributed by atoms with Crippen molar-refractivity contribution in [3.63, 3.8) is 0 Å². The van der Waals surface area contributed by atoms with Crippen molar-refractivity contribution in [1.29, 1.82) is 0 Å². The van der Waals surface area contributed by atoms with Gasteiger partial charge >= 0.3 is 0 Å². The number of anilines is 2. The fraction of sp³-hybridized carbons (Fsp3) is 0.176. The van der Waals surface area contributed by atoms with Crippen LogP contribution in [0, 0.1) is 11.6 Å². The number of benzene rings is 2. The van der Waals surface area contributed by atoms with Gasteiger partial charge in [-0.1, -0.05) is 0 Å². The Hall–Kier alpha value is -3.16. The van der Waals surface area contributed by atoms with Crippen molar-refractivity contribution < 1.29 is 27.8 Å². The van der Waals surface area contributed by atoms with Crippen molar-refractivity contribution in [2.45, 2.75) is 6.92 Å². The summed E-state index contributed by atoms with van der Waals surface area (Å²) >= 11 is 0. The molecule has 2 aromatic rings. The van der Waals surface area contributed by atoms with E-state index in [0.29, 0.717) is 23.3 Å². The first-order valence-corrected chi connectivity index (χ1v) is 7.36. The molecule has 130 valence electrons. The van der Waals surface area contributed by atoms with Gasteiger partial charge < -0.3 is 19.7 Å². The largest absolute Gasteiger partial charge is 0.454 e. The van der Waals surface area contributed by atoms with Crippen molar-refractivity contribution in [3.05, 3.63) is 48.0 Å². The summed E-state index contributed by atoms with van der Waals surface area (Å²) in [5.74, 6) is -1.73. The number of carbonyl (C=O) groups excluding carboxylic acids is 2. The van der Waals surface area contributed by atoms with Crippen molar-refractivity contribution in [3.8, 4) is 11.5 Å². The zero-order chi connectivity index (χ0) is 18.0. The molecule has 0 aromatic heterocycles. The van der Waals surface area contributed by atoms with Crippen LogP contribution in [0.1, 0.15) is 6.92 Å². The van der Waals surface area contributed by atoms with E-state index in [1.807, 2.05) is 0 Å². The number of nitrogens with zero attached hydrogens (tertiary/aromatic N) is 1. The third-order valence-corrected chi connectivity index (χ3v) is 3.54. The Morgan fingerprint density at radius 2 is 1.88 bits per heavy atom. The zero-order valence-corrected chi connectivity index (χ0v) is 13.2. The molecule has 6 nitrogen and oxygen atoms in total. The topological polar surface area (TPSA) is 67.9 Å². The maximum atomic E-state index is 13.9. The minimum absolute atomic E-state index is 0.106. The average molecular weight is 348 g/mol. The molecular weight excluding hydrogens is 334 g/mol. The van der Waals surface area contributed by atoms with E-state index < -0.39 is 30.0 Å². The maximum Gasteiger partial charge on any atom is 0.244 e. The Balaban J connectivity index is 1.74. The molecule has 0 atom stereocenters. The Morgan fingerprint density at radius 3 is 2.60 bits per heavy atom. The normalized spacial score (nSPS) is 12.0. The summed E-state index contributed by atoms with van der Waals surface area (Å²) in [6.07, 6.45) is 0. The van der Waals surface area contributed by atoms with E-state index in [2.05, 4.69) is 5.32 Å². The van der Waals surface area contributed by atoms with Gasteiger partial charge in [-0.15, -0.1) is 0 Å². The lowest BCUT2D eigenvalue weighted by Crippen LogP contribution is -2.37. The molecule has 0 saturated carbocycles. The van der Waals surface area contributed by atoms with Gasteiger partial charge in [0.15, 0.2) is 11.5 Å². The predicted molar refractivity (Wildman–Crippen MR) is 85.6 cm³/mol. The smallest absolute Gasteiger partial charge is 0.244 e. The molecule has 0 bridgehead atoms. The molecule has 1 aliphatic rings. The second-order valence-electron chi connectivity index (χ2n) is 5.32. The van der Waals surface area contributed by atoms with Crippen molar-refractivity contribution in [2.75, 3.05) is 23.6 Å². The molecule has 0 spiro atoms. The van der Waals surface area contributed by atoms with Gasteiger partial charge in [-0.2, -0.15) is 0 Å². The van der Waals surface area contributed by atoms with E-state index in [4.69, 9.17) is 9.47 Å². The molecule has 1 heterocycles. The first-order chi connectivity index (χ1) is 11.9. The highest BCUT2D eigenvalue weighted by molar-refractivity contribution is 6.02. The first kappa shape index (κ1) is 16.7. The van der Waals surface area contributed by atoms with E-state index in [1.54, 1.807) is 18.2 Å². The monoisotopic (exact) mass is 348 g/mol. The molecule has 0 aliphatic carbocycles. The van der Waals surface area contributed by atoms with Crippen LogP contribution in [0.3, 0.4) is 0 Å². The molecule has 3 rings (SSSR count). The Kier molecular flexibility index (Phi) is 4.51. The van der Waals surface area contributed by atoms with Crippen LogP contribution in [0.15, 0.2) is 36.4 Å². The minimum Gasteiger partial charge on any atom is -0.454 e. The lowest BCUT2D eigenvalue weighted by Gasteiger charge is -2.21. The quantitative estimate of drug-likeness (QED) is 0.922. The van der Waals surface area contributed by atoms with Gasteiger partial charge in [0.2, 0.25) is 18.6 Å². The summed E-state index contributed by atoms with van der Waals surface area (Å²) in [5, 5.41) is 2.59. The fourth-order valence-corrected chi connectivity index (χ4v) is 2.38. The van der Waals surface area contributed by atoms with Gasteiger partial charge in [-0.05, 0) is 24.3 Å². The van der Waals surface area contributed by atoms with E-state index in [9.17, 15) is 18.4 Å². The van der Waals surface area contributed by atoms with Gasteiger partial charge in [-0.25, -0.2) is 8.78 Å². The van der Waals surface area contributed by atoms with Gasteiger partial charge in [-0.3, -0.25) is 9.59 Å². The molecule has 2 amide bonds. The molecule has 25 heavy (non-hydrogen) atoms. The van der Waals surface area contributed by atoms with Crippen molar-refractivity contribution in [1.82, 2.24) is 0 Å². The molecule has 1 aliphatic heterocycles. The van der Waals surface area contributed by atoms with Gasteiger partial charge in [0, 0.05) is 24.7 Å². The molecule has 8 heteroatoms. The number of ether oxygens (including phenoxy) is 2. The molecule has 0 unspecified atom stereocenters. The standard InChI is InChI=1S/C17H14F2N2O4/c1-10(22)21(14-4-2-11(18)6-13(14)19)8-17(23)20-12-3-5-15-16(7-12)25-9-24-15/h2-7H,8-9H2,1H3,(H,20,23). The number of carbonyl (C=O) groups is 2. The number of nitrogens with one attached hydrogen (secondary N) is 1. The number of rotatable bonds is 4. The third-order valence-electron chi connectivity index (χ3n) is 3.54. The second kappa shape index (κ2) is 6.76. The molecule has 0 fully saturated rings. The number of hydrogen-bond donors (Lipinski definition) is 1. The van der Waals surface area contributed by atoms with Crippen LogP contribution in [0.5, 0.6) is 11.5 Å². The van der Waals surface area contributed by atoms with Crippen LogP contribution in [-0.2, 0) is 9.59 Å². The average Bonchev–Trinajstić information content (AvgIpc) is 3.00. The highest BCUT2D eigenvalue weighted by Gasteiger charge is 2.20. The van der Waals surface area contributed by atoms with Crippen LogP contribution in [0.2, 0.25) is 0 Å². The molecule has 1 N–H and O–H groups in total. The molecule has 0 saturated heterocycles. The highest BCUT2D eigenvalue weighted by atomic mass is 19.1. The van der Waals surface area contributed by atoms with Crippen LogP contribution in [0.25, 0.3) is 0 Å². The predicted octanol–water partition coefficient (Wildman–Crippen LogP) is 2.69. The van der Waals surface area contributed by atoms with Gasteiger partial charge in [0.1, 0.15) is 18.2 Å². The lowest BCUT2D eigenvalue weighted by atomic mass is 10.2. The number of hydrogen-bond acceptors (Lipinski definition) is 4. The van der Waals surface area contributed by atoms with Gasteiger partial charge in [0.25, 0.3) is 0 Å². The number of halogens is 2. The SMILES string of the molecule is CC(=O)N(CC(=O)Nc1ccc2c(c1)OCO2)c1ccc(F)cc1F. The van der Waals surface area contributed by atoms with E-state index in [0.717, 1.165) is 17.0 Å². The van der Waals surface area contributed by atoms with Crippen molar-refractivity contribution >= 4 is 23.2 Å². The summed E-state index contributed by atoms with van der Waals surface area (Å²) in [7, 11) is 0. The van der Waals surface area contributed by atoms with Crippen LogP contribution in [0.4, 0.5) is 20.2 Å². The fourth-order valence-electron chi connectivity index (χ4n) is 2.38. The summed E-state index contributed by atoms with van der Waals surface area (Å²) in [4.78, 5) is 24.9. The minimum atomic E-state index is -0.925. The Labute approximate surface area is 141 Å². The Morgan fingerprint density at radius 1 is 1.12 bits per heavy atom. The third kappa shape index (κ3) is 3.68. The molecule has 2 aromatic carbocycles. The van der Waals surface area contributed by atoms with Gasteiger partial charge in [0.05, 0.1) is 5.69 Å². The number of fused-ring (bicyclic) bond motifs is 1. The van der Waals surface area contributed by atoms with Crippen LogP contribution >= 0.6 is 0 Å². The van der Waals surface area contributed by atoms with E-state index >= 15 is 0 Å². The number of amides is 2. The first-order valence-electron chi connectivity index (χ1n) is 7.36. The lowest BCUT2D eigenvalue weighted by molar-refractivity contribution is -0.120. The molecular formula is C17H14F2N2O4. The highest BCUT2D eigenvalue weighted by Crippen LogP contribution is 2.34. The zero-order valence-electron chi connectivity index (χ0n) is 13.2. The Bertz CT molecular complexity index is 841. The van der Waals surface area contributed by atoms with Crippen LogP contribution in [-0.4, -0.2) is 25.2 Å².